The minimum Gasteiger partial charge on any atom is -0.431 e. The van der Waals surface area contributed by atoms with Crippen LogP contribution in [0.5, 0.6) is 0 Å². The molecule has 1 aliphatic heterocycles. The molecule has 4 aromatic rings. The number of imidazole rings is 1. The number of fused-ring (bicyclic) bond motifs is 1. The third kappa shape index (κ3) is 3.40. The van der Waals surface area contributed by atoms with Gasteiger partial charge >= 0.3 is 0 Å². The van der Waals surface area contributed by atoms with Gasteiger partial charge in [0.1, 0.15) is 5.65 Å². The molecule has 0 aliphatic carbocycles. The number of nitrogens with one attached hydrogen (secondary N) is 1. The first kappa shape index (κ1) is 17.6. The Labute approximate surface area is 168 Å². The highest BCUT2D eigenvalue weighted by Gasteiger charge is 2.25. The molecule has 0 bridgehead atoms. The van der Waals surface area contributed by atoms with E-state index < -0.39 is 0 Å². The molecule has 146 valence electrons. The minimum absolute atomic E-state index is 0.169. The van der Waals surface area contributed by atoms with Crippen LogP contribution in [0.2, 0.25) is 0 Å². The Hall–Kier alpha value is -3.45. The lowest BCUT2D eigenvalue weighted by atomic mass is 10.2. The maximum atomic E-state index is 12.6. The fourth-order valence-electron chi connectivity index (χ4n) is 3.82. The van der Waals surface area contributed by atoms with Crippen molar-refractivity contribution < 1.29 is 9.21 Å². The van der Waals surface area contributed by atoms with E-state index in [2.05, 4.69) is 22.2 Å². The summed E-state index contributed by atoms with van der Waals surface area (Å²) >= 11 is 0. The summed E-state index contributed by atoms with van der Waals surface area (Å²) in [4.78, 5) is 23.9. The number of nitrogens with zero attached hydrogens (tertiary/aromatic N) is 4. The summed E-state index contributed by atoms with van der Waals surface area (Å²) in [6.45, 7) is 1.10. The highest BCUT2D eigenvalue weighted by Crippen LogP contribution is 2.30. The first-order chi connectivity index (χ1) is 14.2. The molecule has 4 heterocycles. The van der Waals surface area contributed by atoms with Crippen molar-refractivity contribution >= 4 is 17.2 Å². The number of rotatable bonds is 4. The van der Waals surface area contributed by atoms with E-state index in [-0.39, 0.29) is 11.7 Å². The molecule has 1 aliphatic rings. The number of hydrogen-bond acceptors (Lipinski definition) is 5. The minimum atomic E-state index is -0.338. The van der Waals surface area contributed by atoms with Gasteiger partial charge in [-0.25, -0.2) is 9.97 Å². The Balaban J connectivity index is 1.35. The van der Waals surface area contributed by atoms with Gasteiger partial charge in [-0.3, -0.25) is 9.69 Å². The van der Waals surface area contributed by atoms with Crippen LogP contribution in [0.25, 0.3) is 17.1 Å². The second-order valence-electron chi connectivity index (χ2n) is 7.34. The highest BCUT2D eigenvalue weighted by atomic mass is 16.4. The molecule has 1 N–H and O–H groups in total. The van der Waals surface area contributed by atoms with E-state index in [1.807, 2.05) is 59.3 Å². The zero-order chi connectivity index (χ0) is 19.8. The summed E-state index contributed by atoms with van der Waals surface area (Å²) in [5, 5.41) is 2.87. The first-order valence-corrected chi connectivity index (χ1v) is 9.69. The van der Waals surface area contributed by atoms with Gasteiger partial charge in [-0.1, -0.05) is 18.2 Å². The molecule has 7 heteroatoms. The second-order valence-corrected chi connectivity index (χ2v) is 7.34. The predicted octanol–water partition coefficient (Wildman–Crippen LogP) is 4.01. The molecular formula is C22H21N5O2. The van der Waals surface area contributed by atoms with Crippen LogP contribution in [0.3, 0.4) is 0 Å². The van der Waals surface area contributed by atoms with Crippen molar-refractivity contribution in [1.82, 2.24) is 19.3 Å². The third-order valence-electron chi connectivity index (χ3n) is 5.34. The van der Waals surface area contributed by atoms with Crippen molar-refractivity contribution in [3.05, 3.63) is 72.5 Å². The van der Waals surface area contributed by atoms with Gasteiger partial charge in [-0.2, -0.15) is 0 Å². The van der Waals surface area contributed by atoms with Crippen molar-refractivity contribution in [2.24, 2.45) is 0 Å². The van der Waals surface area contributed by atoms with Crippen molar-refractivity contribution in [1.29, 1.82) is 0 Å². The Kier molecular flexibility index (Phi) is 4.37. The summed E-state index contributed by atoms with van der Waals surface area (Å²) in [5.41, 5.74) is 3.43. The topological polar surface area (TPSA) is 75.7 Å². The largest absolute Gasteiger partial charge is 0.431 e. The molecule has 1 atom stereocenters. The van der Waals surface area contributed by atoms with Gasteiger partial charge in [0.2, 0.25) is 11.7 Å². The first-order valence-electron chi connectivity index (χ1n) is 9.69. The fourth-order valence-corrected chi connectivity index (χ4v) is 3.82. The van der Waals surface area contributed by atoms with E-state index in [4.69, 9.17) is 9.40 Å². The number of hydrogen-bond donors (Lipinski definition) is 1. The van der Waals surface area contributed by atoms with Gasteiger partial charge in [-0.15, -0.1) is 0 Å². The third-order valence-corrected chi connectivity index (χ3v) is 5.34. The summed E-state index contributed by atoms with van der Waals surface area (Å²) in [5.74, 6) is 0.254. The lowest BCUT2D eigenvalue weighted by molar-refractivity contribution is 0.0997. The number of carbonyl (C=O) groups excluding carboxylic acids is 1. The SMILES string of the molecule is CN1CCC[C@@H]1c1cn2cc(NC(=O)c3cnc(-c4ccccc4)o3)ccc2n1. The van der Waals surface area contributed by atoms with Crippen molar-refractivity contribution in [3.63, 3.8) is 0 Å². The van der Waals surface area contributed by atoms with Crippen LogP contribution in [0.15, 0.2) is 65.5 Å². The average Bonchev–Trinajstić information content (AvgIpc) is 3.47. The lowest BCUT2D eigenvalue weighted by Crippen LogP contribution is -2.17. The van der Waals surface area contributed by atoms with Crippen LogP contribution < -0.4 is 5.32 Å². The number of pyridine rings is 1. The molecule has 0 unspecified atom stereocenters. The molecule has 29 heavy (non-hydrogen) atoms. The number of aromatic nitrogens is 3. The van der Waals surface area contributed by atoms with Crippen LogP contribution in [0.4, 0.5) is 5.69 Å². The highest BCUT2D eigenvalue weighted by molar-refractivity contribution is 6.02. The number of anilines is 1. The molecule has 0 saturated carbocycles. The molecule has 1 fully saturated rings. The molecule has 0 spiro atoms. The zero-order valence-electron chi connectivity index (χ0n) is 16.1. The molecule has 7 nitrogen and oxygen atoms in total. The van der Waals surface area contributed by atoms with E-state index in [1.165, 1.54) is 12.6 Å². The number of amides is 1. The Morgan fingerprint density at radius 3 is 2.83 bits per heavy atom. The van der Waals surface area contributed by atoms with Gasteiger partial charge in [0.25, 0.3) is 5.91 Å². The molecule has 1 amide bonds. The second kappa shape index (κ2) is 7.18. The van der Waals surface area contributed by atoms with Gasteiger partial charge in [0.15, 0.2) is 0 Å². The van der Waals surface area contributed by atoms with Crippen LogP contribution in [0, 0.1) is 0 Å². The smallest absolute Gasteiger partial charge is 0.293 e. The molecular weight excluding hydrogens is 366 g/mol. The van der Waals surface area contributed by atoms with Gasteiger partial charge < -0.3 is 14.1 Å². The molecule has 1 aromatic carbocycles. The summed E-state index contributed by atoms with van der Waals surface area (Å²) in [7, 11) is 2.13. The zero-order valence-corrected chi connectivity index (χ0v) is 16.1. The van der Waals surface area contributed by atoms with E-state index >= 15 is 0 Å². The van der Waals surface area contributed by atoms with Crippen molar-refractivity contribution in [2.75, 3.05) is 18.9 Å². The molecule has 5 rings (SSSR count). The van der Waals surface area contributed by atoms with Gasteiger partial charge in [0.05, 0.1) is 23.6 Å². The summed E-state index contributed by atoms with van der Waals surface area (Å²) in [6.07, 6.45) is 7.67. The van der Waals surface area contributed by atoms with E-state index in [1.54, 1.807) is 0 Å². The normalized spacial score (nSPS) is 17.1. The maximum Gasteiger partial charge on any atom is 0.293 e. The average molecular weight is 387 g/mol. The monoisotopic (exact) mass is 387 g/mol. The molecule has 0 radical (unpaired) electrons. The Morgan fingerprint density at radius 2 is 2.03 bits per heavy atom. The van der Waals surface area contributed by atoms with Gasteiger partial charge in [-0.05, 0) is 50.7 Å². The number of oxazole rings is 1. The van der Waals surface area contributed by atoms with Crippen LogP contribution in [-0.2, 0) is 0 Å². The van der Waals surface area contributed by atoms with E-state index in [0.29, 0.717) is 17.6 Å². The van der Waals surface area contributed by atoms with Crippen LogP contribution >= 0.6 is 0 Å². The summed E-state index contributed by atoms with van der Waals surface area (Å²) in [6, 6.07) is 13.6. The van der Waals surface area contributed by atoms with Gasteiger partial charge in [0, 0.05) is 18.0 Å². The Morgan fingerprint density at radius 1 is 1.17 bits per heavy atom. The number of likely N-dealkylation sites (tertiary alicyclic amines) is 1. The standard InChI is InChI=1S/C22H21N5O2/c1-26-11-5-8-18(26)17-14-27-13-16(9-10-20(27)25-17)24-21(28)19-12-23-22(29-19)15-6-3-2-4-7-15/h2-4,6-7,9-10,12-14,18H,5,8,11H2,1H3,(H,24,28)/t18-/m1/s1. The van der Waals surface area contributed by atoms with Crippen molar-refractivity contribution in [2.45, 2.75) is 18.9 Å². The quantitative estimate of drug-likeness (QED) is 0.573. The lowest BCUT2D eigenvalue weighted by Gasteiger charge is -2.16. The fraction of sp³-hybridized carbons (Fsp3) is 0.227. The number of carbonyl (C=O) groups is 1. The molecule has 3 aromatic heterocycles. The molecule has 1 saturated heterocycles. The number of benzene rings is 1. The summed E-state index contributed by atoms with van der Waals surface area (Å²) < 4.78 is 7.58. The maximum absolute atomic E-state index is 12.6. The van der Waals surface area contributed by atoms with E-state index in [9.17, 15) is 4.79 Å². The van der Waals surface area contributed by atoms with E-state index in [0.717, 1.165) is 29.9 Å². The predicted molar refractivity (Wildman–Crippen MR) is 110 cm³/mol. The Bertz CT molecular complexity index is 1160. The van der Waals surface area contributed by atoms with Crippen LogP contribution in [0.1, 0.15) is 35.1 Å². The van der Waals surface area contributed by atoms with Crippen molar-refractivity contribution in [3.8, 4) is 11.5 Å². The van der Waals surface area contributed by atoms with Crippen LogP contribution in [-0.4, -0.2) is 38.8 Å².